The van der Waals surface area contributed by atoms with Crippen LogP contribution in [0.3, 0.4) is 0 Å². The van der Waals surface area contributed by atoms with E-state index in [9.17, 15) is 0 Å². The molecular formula is C67H43NO. The standard InChI is InChI=1S/C67H43NO/c1-39(2)40-24-25-43-33-59-50-28-26-45(35-62(50)68(47-16-4-3-5-17-47)63(59)36-46(43)30-40)67-53-22-12-10-20-51(53)66(52-21-11-13-23-54(52)67)44-27-29-64-60(34-44)61-37-57-56-32-42-15-7-6-14-41(42)31-55(56)48-18-8-9-19-49(48)58(57)38-65(61)69-64/h3-39H,1-2H3. The van der Waals surface area contributed by atoms with E-state index in [1.54, 1.807) is 0 Å². The summed E-state index contributed by atoms with van der Waals surface area (Å²) in [5, 5.41) is 22.2. The first-order valence-electron chi connectivity index (χ1n) is 24.2. The van der Waals surface area contributed by atoms with Crippen LogP contribution in [-0.4, -0.2) is 4.57 Å². The summed E-state index contributed by atoms with van der Waals surface area (Å²) in [7, 11) is 0. The molecule has 69 heavy (non-hydrogen) atoms. The van der Waals surface area contributed by atoms with Crippen molar-refractivity contribution in [3.63, 3.8) is 0 Å². The van der Waals surface area contributed by atoms with Gasteiger partial charge in [-0.1, -0.05) is 166 Å². The van der Waals surface area contributed by atoms with Crippen molar-refractivity contribution < 1.29 is 4.42 Å². The van der Waals surface area contributed by atoms with Gasteiger partial charge in [-0.15, -0.1) is 0 Å². The highest BCUT2D eigenvalue weighted by molar-refractivity contribution is 6.30. The number of aromatic nitrogens is 1. The van der Waals surface area contributed by atoms with Crippen molar-refractivity contribution in [1.82, 2.24) is 4.57 Å². The summed E-state index contributed by atoms with van der Waals surface area (Å²) in [5.41, 5.74) is 11.6. The molecule has 2 nitrogen and oxygen atoms in total. The quantitative estimate of drug-likeness (QED) is 0.127. The Balaban J connectivity index is 0.964. The lowest BCUT2D eigenvalue weighted by Crippen LogP contribution is -1.94. The van der Waals surface area contributed by atoms with Gasteiger partial charge < -0.3 is 8.98 Å². The minimum Gasteiger partial charge on any atom is -0.456 e. The molecule has 0 atom stereocenters. The van der Waals surface area contributed by atoms with Gasteiger partial charge in [-0.05, 0) is 176 Å². The van der Waals surface area contributed by atoms with Crippen LogP contribution in [0.2, 0.25) is 0 Å². The molecule has 0 radical (unpaired) electrons. The molecule has 2 aromatic heterocycles. The molecule has 0 saturated heterocycles. The molecule has 2 heterocycles. The van der Waals surface area contributed by atoms with Crippen molar-refractivity contribution in [2.75, 3.05) is 0 Å². The van der Waals surface area contributed by atoms with Crippen LogP contribution >= 0.6 is 0 Å². The van der Waals surface area contributed by atoms with Gasteiger partial charge in [0.15, 0.2) is 0 Å². The zero-order valence-corrected chi connectivity index (χ0v) is 38.2. The van der Waals surface area contributed by atoms with E-state index in [0.717, 1.165) is 27.6 Å². The summed E-state index contributed by atoms with van der Waals surface area (Å²) in [5.74, 6) is 0.460. The second-order valence-corrected chi connectivity index (χ2v) is 19.4. The Hall–Kier alpha value is -8.72. The van der Waals surface area contributed by atoms with Gasteiger partial charge in [-0.3, -0.25) is 0 Å². The zero-order chi connectivity index (χ0) is 45.5. The molecule has 15 rings (SSSR count). The largest absolute Gasteiger partial charge is 0.456 e. The van der Waals surface area contributed by atoms with Gasteiger partial charge in [0.2, 0.25) is 0 Å². The smallest absolute Gasteiger partial charge is 0.136 e. The number of rotatable bonds is 4. The van der Waals surface area contributed by atoms with Gasteiger partial charge in [-0.25, -0.2) is 0 Å². The molecule has 0 fully saturated rings. The number of furan rings is 1. The third kappa shape index (κ3) is 5.61. The molecule has 2 heteroatoms. The molecule has 0 N–H and O–H groups in total. The Bertz CT molecular complexity index is 4630. The lowest BCUT2D eigenvalue weighted by Gasteiger charge is -2.18. The van der Waals surface area contributed by atoms with Crippen LogP contribution in [0.5, 0.6) is 0 Å². The van der Waals surface area contributed by atoms with Gasteiger partial charge in [-0.2, -0.15) is 0 Å². The van der Waals surface area contributed by atoms with Crippen molar-refractivity contribution in [3.05, 3.63) is 224 Å². The zero-order valence-electron chi connectivity index (χ0n) is 38.2. The SMILES string of the molecule is CC(C)c1ccc2cc3c4ccc(-c5c6ccccc6c(-c6ccc7oc8cc9c%10ccccc%10c%10cc%11ccccc%11cc%10c9cc8c7c6)c6ccccc56)cc4n(-c4ccccc4)c3cc2c1. The topological polar surface area (TPSA) is 18.1 Å². The van der Waals surface area contributed by atoms with E-state index in [4.69, 9.17) is 4.42 Å². The fraction of sp³-hybridized carbons (Fsp3) is 0.0448. The fourth-order valence-electron chi connectivity index (χ4n) is 12.0. The molecule has 0 bridgehead atoms. The maximum absolute atomic E-state index is 6.77. The maximum atomic E-state index is 6.77. The normalized spacial score (nSPS) is 12.3. The van der Waals surface area contributed by atoms with Crippen LogP contribution < -0.4 is 0 Å². The number of hydrogen-bond acceptors (Lipinski definition) is 1. The molecule has 322 valence electrons. The monoisotopic (exact) mass is 877 g/mol. The van der Waals surface area contributed by atoms with E-state index in [1.165, 1.54) is 125 Å². The minimum atomic E-state index is 0.460. The number of nitrogens with zero attached hydrogens (tertiary/aromatic N) is 1. The van der Waals surface area contributed by atoms with E-state index >= 15 is 0 Å². The highest BCUT2D eigenvalue weighted by Gasteiger charge is 2.21. The maximum Gasteiger partial charge on any atom is 0.136 e. The number of hydrogen-bond donors (Lipinski definition) is 0. The van der Waals surface area contributed by atoms with E-state index in [0.29, 0.717) is 5.92 Å². The van der Waals surface area contributed by atoms with E-state index < -0.39 is 0 Å². The van der Waals surface area contributed by atoms with Gasteiger partial charge in [0.25, 0.3) is 0 Å². The van der Waals surface area contributed by atoms with Crippen LogP contribution in [0.25, 0.3) is 147 Å². The van der Waals surface area contributed by atoms with Gasteiger partial charge in [0, 0.05) is 27.2 Å². The molecule has 0 aliphatic rings. The second-order valence-electron chi connectivity index (χ2n) is 19.4. The first kappa shape index (κ1) is 38.4. The third-order valence-electron chi connectivity index (χ3n) is 15.2. The van der Waals surface area contributed by atoms with E-state index in [-0.39, 0.29) is 0 Å². The molecular weight excluding hydrogens is 835 g/mol. The van der Waals surface area contributed by atoms with Crippen LogP contribution in [0.15, 0.2) is 223 Å². The number of para-hydroxylation sites is 1. The van der Waals surface area contributed by atoms with Crippen LogP contribution in [-0.2, 0) is 0 Å². The summed E-state index contributed by atoms with van der Waals surface area (Å²) < 4.78 is 9.24. The average molecular weight is 878 g/mol. The first-order chi connectivity index (χ1) is 34.0. The molecule has 0 aliphatic carbocycles. The average Bonchev–Trinajstić information content (AvgIpc) is 3.92. The first-order valence-corrected chi connectivity index (χ1v) is 24.2. The Kier molecular flexibility index (Phi) is 8.01. The summed E-state index contributed by atoms with van der Waals surface area (Å²) in [6.45, 7) is 4.54. The third-order valence-corrected chi connectivity index (χ3v) is 15.2. The van der Waals surface area contributed by atoms with Gasteiger partial charge >= 0.3 is 0 Å². The summed E-state index contributed by atoms with van der Waals surface area (Å²) >= 11 is 0. The predicted octanol–water partition coefficient (Wildman–Crippen LogP) is 19.2. The molecule has 15 aromatic rings. The Morgan fingerprint density at radius 1 is 0.304 bits per heavy atom. The number of fused-ring (bicyclic) bond motifs is 16. The van der Waals surface area contributed by atoms with E-state index in [2.05, 4.69) is 237 Å². The van der Waals surface area contributed by atoms with Crippen molar-refractivity contribution in [3.8, 4) is 27.9 Å². The van der Waals surface area contributed by atoms with Crippen LogP contribution in [0.1, 0.15) is 25.3 Å². The predicted molar refractivity (Wildman–Crippen MR) is 296 cm³/mol. The highest BCUT2D eigenvalue weighted by atomic mass is 16.3. The van der Waals surface area contributed by atoms with Crippen LogP contribution in [0, 0.1) is 0 Å². The lowest BCUT2D eigenvalue weighted by atomic mass is 9.85. The van der Waals surface area contributed by atoms with Gasteiger partial charge in [0.05, 0.1) is 11.0 Å². The van der Waals surface area contributed by atoms with Crippen molar-refractivity contribution in [2.24, 2.45) is 0 Å². The summed E-state index contributed by atoms with van der Waals surface area (Å²) in [6, 6.07) is 81.5. The molecule has 0 spiro atoms. The second kappa shape index (κ2) is 14.4. The Labute approximate surface area is 397 Å². The van der Waals surface area contributed by atoms with Crippen LogP contribution in [0.4, 0.5) is 0 Å². The van der Waals surface area contributed by atoms with Crippen molar-refractivity contribution >= 4 is 119 Å². The van der Waals surface area contributed by atoms with E-state index in [1.807, 2.05) is 0 Å². The Morgan fingerprint density at radius 2 is 0.812 bits per heavy atom. The minimum absolute atomic E-state index is 0.460. The Morgan fingerprint density at radius 3 is 1.48 bits per heavy atom. The highest BCUT2D eigenvalue weighted by Crippen LogP contribution is 2.47. The van der Waals surface area contributed by atoms with Gasteiger partial charge in [0.1, 0.15) is 11.2 Å². The van der Waals surface area contributed by atoms with Crippen molar-refractivity contribution in [2.45, 2.75) is 19.8 Å². The molecule has 13 aromatic carbocycles. The molecule has 0 amide bonds. The molecule has 0 saturated carbocycles. The molecule has 0 unspecified atom stereocenters. The lowest BCUT2D eigenvalue weighted by molar-refractivity contribution is 0.669. The van der Waals surface area contributed by atoms with Crippen molar-refractivity contribution in [1.29, 1.82) is 0 Å². The molecule has 0 aliphatic heterocycles. The fourth-order valence-corrected chi connectivity index (χ4v) is 12.0. The summed E-state index contributed by atoms with van der Waals surface area (Å²) in [6.07, 6.45) is 0. The summed E-state index contributed by atoms with van der Waals surface area (Å²) in [4.78, 5) is 0. The number of benzene rings is 13.